The lowest BCUT2D eigenvalue weighted by molar-refractivity contribution is -0.140. The summed E-state index contributed by atoms with van der Waals surface area (Å²) in [5.41, 5.74) is 4.18. The van der Waals surface area contributed by atoms with Crippen molar-refractivity contribution in [2.75, 3.05) is 23.9 Å². The van der Waals surface area contributed by atoms with Crippen LogP contribution in [0.5, 0.6) is 5.88 Å². The molecule has 1 aromatic carbocycles. The molecule has 39 heavy (non-hydrogen) atoms. The number of carbonyl (C=O) groups excluding carboxylic acids is 1. The van der Waals surface area contributed by atoms with E-state index in [0.29, 0.717) is 35.3 Å². The molecule has 4 aromatic rings. The fourth-order valence-corrected chi connectivity index (χ4v) is 4.82. The topological polar surface area (TPSA) is 98.1 Å². The average Bonchev–Trinajstić information content (AvgIpc) is 3.68. The van der Waals surface area contributed by atoms with Gasteiger partial charge in [-0.3, -0.25) is 9.78 Å². The number of carbonyl (C=O) groups is 1. The third-order valence-corrected chi connectivity index (χ3v) is 6.84. The quantitative estimate of drug-likeness (QED) is 0.379. The number of halogens is 3. The number of aromatic nitrogens is 5. The number of hydrogen-bond donors (Lipinski definition) is 1. The van der Waals surface area contributed by atoms with Gasteiger partial charge in [0.1, 0.15) is 12.2 Å². The van der Waals surface area contributed by atoms with E-state index in [4.69, 9.17) is 4.74 Å². The van der Waals surface area contributed by atoms with Crippen molar-refractivity contribution in [2.24, 2.45) is 7.05 Å². The highest BCUT2D eigenvalue weighted by molar-refractivity contribution is 6.01. The zero-order valence-electron chi connectivity index (χ0n) is 21.2. The Labute approximate surface area is 221 Å². The summed E-state index contributed by atoms with van der Waals surface area (Å²) < 4.78 is 46.1. The van der Waals surface area contributed by atoms with Crippen molar-refractivity contribution in [3.8, 4) is 28.5 Å². The number of benzene rings is 1. The number of fused-ring (bicyclic) bond motifs is 1. The van der Waals surface area contributed by atoms with Crippen LogP contribution in [0.15, 0.2) is 49.1 Å². The molecule has 0 spiro atoms. The molecule has 3 aromatic heterocycles. The number of aryl methyl sites for hydroxylation is 1. The second-order valence-electron chi connectivity index (χ2n) is 9.66. The first-order valence-electron chi connectivity index (χ1n) is 12.3. The molecule has 1 aliphatic carbocycles. The SMILES string of the molecule is COc1ncnc(C2CC2)c1-c1cc2c(cn1)NC(=O)CN2Cc1ccc(-c2nc(C(F)(F)F)cn2C)cc1. The minimum Gasteiger partial charge on any atom is -0.480 e. The molecule has 0 unspecified atom stereocenters. The van der Waals surface area contributed by atoms with Crippen LogP contribution in [-0.2, 0) is 24.6 Å². The molecule has 0 atom stereocenters. The standard InChI is InChI=1S/C27H24F3N7O2/c1-36-12-21(27(28,29)30)35-25(36)17-5-3-15(4-6-17)11-37-13-22(38)34-19-10-31-18(9-20(19)37)23-24(16-7-8-16)32-14-33-26(23)39-2/h3-6,9-10,12,14,16H,7-8,11,13H2,1-2H3,(H,34,38). The van der Waals surface area contributed by atoms with Gasteiger partial charge in [0.05, 0.1) is 48.2 Å². The summed E-state index contributed by atoms with van der Waals surface area (Å²) in [5, 5.41) is 2.88. The van der Waals surface area contributed by atoms with Gasteiger partial charge in [-0.1, -0.05) is 24.3 Å². The van der Waals surface area contributed by atoms with Gasteiger partial charge in [-0.15, -0.1) is 0 Å². The van der Waals surface area contributed by atoms with Gasteiger partial charge in [-0.25, -0.2) is 15.0 Å². The van der Waals surface area contributed by atoms with Crippen LogP contribution in [0.4, 0.5) is 24.5 Å². The summed E-state index contributed by atoms with van der Waals surface area (Å²) in [5.74, 6) is 0.845. The lowest BCUT2D eigenvalue weighted by atomic mass is 10.0. The number of methoxy groups -OCH3 is 1. The Balaban J connectivity index is 1.31. The Kier molecular flexibility index (Phi) is 5.96. The summed E-state index contributed by atoms with van der Waals surface area (Å²) >= 11 is 0. The van der Waals surface area contributed by atoms with Gasteiger partial charge >= 0.3 is 6.18 Å². The summed E-state index contributed by atoms with van der Waals surface area (Å²) in [6, 6.07) is 9.02. The third-order valence-electron chi connectivity index (χ3n) is 6.84. The summed E-state index contributed by atoms with van der Waals surface area (Å²) in [6.07, 6.45) is 1.68. The van der Waals surface area contributed by atoms with Crippen molar-refractivity contribution in [3.05, 3.63) is 66.0 Å². The van der Waals surface area contributed by atoms with Crippen LogP contribution in [0, 0.1) is 0 Å². The number of alkyl halides is 3. The highest BCUT2D eigenvalue weighted by Crippen LogP contribution is 2.46. The van der Waals surface area contributed by atoms with E-state index in [2.05, 4.69) is 25.3 Å². The van der Waals surface area contributed by atoms with Gasteiger partial charge in [-0.05, 0) is 24.5 Å². The van der Waals surface area contributed by atoms with Crippen LogP contribution in [0.2, 0.25) is 0 Å². The highest BCUT2D eigenvalue weighted by atomic mass is 19.4. The number of nitrogens with one attached hydrogen (secondary N) is 1. The van der Waals surface area contributed by atoms with Gasteiger partial charge in [0.15, 0.2) is 5.69 Å². The number of imidazole rings is 1. The first-order valence-corrected chi connectivity index (χ1v) is 12.3. The number of ether oxygens (including phenoxy) is 1. The first kappa shape index (κ1) is 24.8. The largest absolute Gasteiger partial charge is 0.480 e. The summed E-state index contributed by atoms with van der Waals surface area (Å²) in [7, 11) is 3.09. The van der Waals surface area contributed by atoms with Gasteiger partial charge in [0.2, 0.25) is 11.8 Å². The molecular formula is C27H24F3N7O2. The highest BCUT2D eigenvalue weighted by Gasteiger charge is 2.35. The number of nitrogens with zero attached hydrogens (tertiary/aromatic N) is 6. The zero-order chi connectivity index (χ0) is 27.3. The van der Waals surface area contributed by atoms with E-state index in [1.54, 1.807) is 25.4 Å². The maximum atomic E-state index is 13.1. The van der Waals surface area contributed by atoms with Crippen LogP contribution in [0.25, 0.3) is 22.6 Å². The molecule has 4 heterocycles. The monoisotopic (exact) mass is 535 g/mol. The minimum absolute atomic E-state index is 0.129. The molecule has 12 heteroatoms. The van der Waals surface area contributed by atoms with Gasteiger partial charge < -0.3 is 19.5 Å². The van der Waals surface area contributed by atoms with E-state index in [0.717, 1.165) is 41.5 Å². The number of amides is 1. The Bertz CT molecular complexity index is 1560. The van der Waals surface area contributed by atoms with E-state index >= 15 is 0 Å². The van der Waals surface area contributed by atoms with Crippen molar-refractivity contribution in [1.82, 2.24) is 24.5 Å². The van der Waals surface area contributed by atoms with Gasteiger partial charge in [0, 0.05) is 31.3 Å². The molecule has 1 saturated carbocycles. The number of pyridine rings is 1. The molecule has 2 aliphatic rings. The van der Waals surface area contributed by atoms with Crippen LogP contribution in [0.3, 0.4) is 0 Å². The summed E-state index contributed by atoms with van der Waals surface area (Å²) in [6.45, 7) is 0.529. The van der Waals surface area contributed by atoms with Gasteiger partial charge in [-0.2, -0.15) is 13.2 Å². The van der Waals surface area contributed by atoms with Crippen molar-refractivity contribution >= 4 is 17.3 Å². The Morgan fingerprint density at radius 3 is 2.56 bits per heavy atom. The smallest absolute Gasteiger partial charge is 0.434 e. The third kappa shape index (κ3) is 4.77. The molecule has 0 bridgehead atoms. The van der Waals surface area contributed by atoms with Crippen molar-refractivity contribution in [2.45, 2.75) is 31.5 Å². The van der Waals surface area contributed by atoms with E-state index in [1.165, 1.54) is 17.9 Å². The Morgan fingerprint density at radius 2 is 1.90 bits per heavy atom. The van der Waals surface area contributed by atoms with Crippen molar-refractivity contribution in [1.29, 1.82) is 0 Å². The average molecular weight is 536 g/mol. The normalized spacial score (nSPS) is 15.2. The maximum absolute atomic E-state index is 13.1. The molecule has 1 amide bonds. The fourth-order valence-electron chi connectivity index (χ4n) is 4.82. The zero-order valence-corrected chi connectivity index (χ0v) is 21.2. The Hall–Kier alpha value is -4.48. The predicted octanol–water partition coefficient (Wildman–Crippen LogP) is 4.80. The molecule has 200 valence electrons. The second kappa shape index (κ2) is 9.37. The van der Waals surface area contributed by atoms with Crippen molar-refractivity contribution in [3.63, 3.8) is 0 Å². The van der Waals surface area contributed by atoms with Crippen LogP contribution < -0.4 is 15.0 Å². The van der Waals surface area contributed by atoms with Crippen LogP contribution in [-0.4, -0.2) is 44.1 Å². The number of anilines is 2. The summed E-state index contributed by atoms with van der Waals surface area (Å²) in [4.78, 5) is 31.6. The van der Waals surface area contributed by atoms with Crippen LogP contribution in [0.1, 0.15) is 35.7 Å². The fraction of sp³-hybridized carbons (Fsp3) is 0.296. The van der Waals surface area contributed by atoms with Crippen molar-refractivity contribution < 1.29 is 22.7 Å². The molecule has 9 nitrogen and oxygen atoms in total. The Morgan fingerprint density at radius 1 is 1.13 bits per heavy atom. The van der Waals surface area contributed by atoms with Crippen LogP contribution >= 0.6 is 0 Å². The molecule has 0 saturated heterocycles. The molecular weight excluding hydrogens is 511 g/mol. The lowest BCUT2D eigenvalue weighted by Gasteiger charge is -2.31. The van der Waals surface area contributed by atoms with E-state index < -0.39 is 11.9 Å². The lowest BCUT2D eigenvalue weighted by Crippen LogP contribution is -2.37. The van der Waals surface area contributed by atoms with Gasteiger partial charge in [0.25, 0.3) is 0 Å². The number of hydrogen-bond acceptors (Lipinski definition) is 7. The predicted molar refractivity (Wildman–Crippen MR) is 137 cm³/mol. The molecule has 1 fully saturated rings. The minimum atomic E-state index is -4.51. The molecule has 1 N–H and O–H groups in total. The maximum Gasteiger partial charge on any atom is 0.434 e. The number of rotatable bonds is 6. The van der Waals surface area contributed by atoms with E-state index in [9.17, 15) is 18.0 Å². The van der Waals surface area contributed by atoms with E-state index in [1.807, 2.05) is 23.1 Å². The molecule has 0 radical (unpaired) electrons. The second-order valence-corrected chi connectivity index (χ2v) is 9.66. The molecule has 6 rings (SSSR count). The molecule has 1 aliphatic heterocycles. The van der Waals surface area contributed by atoms with E-state index in [-0.39, 0.29) is 18.3 Å². The first-order chi connectivity index (χ1) is 18.7.